The molecule has 5 rings (SSSR count). The summed E-state index contributed by atoms with van der Waals surface area (Å²) in [5.74, 6) is 0.349. The van der Waals surface area contributed by atoms with E-state index < -0.39 is 17.2 Å². The van der Waals surface area contributed by atoms with Crippen LogP contribution in [0.15, 0.2) is 36.4 Å². The highest BCUT2D eigenvalue weighted by molar-refractivity contribution is 5.77. The van der Waals surface area contributed by atoms with Crippen LogP contribution in [0.2, 0.25) is 0 Å². The fourth-order valence-corrected chi connectivity index (χ4v) is 4.77. The van der Waals surface area contributed by atoms with E-state index in [0.717, 1.165) is 42.9 Å². The Labute approximate surface area is 175 Å². The van der Waals surface area contributed by atoms with Gasteiger partial charge in [-0.3, -0.25) is 4.79 Å². The van der Waals surface area contributed by atoms with E-state index in [2.05, 4.69) is 4.90 Å². The zero-order valence-electron chi connectivity index (χ0n) is 17.3. The van der Waals surface area contributed by atoms with Gasteiger partial charge in [-0.05, 0) is 32.0 Å². The fraction of sp³-hybridized carbons (Fsp3) is 0.478. The van der Waals surface area contributed by atoms with Gasteiger partial charge in [-0.15, -0.1) is 0 Å². The van der Waals surface area contributed by atoms with Gasteiger partial charge in [-0.1, -0.05) is 18.2 Å². The summed E-state index contributed by atoms with van der Waals surface area (Å²) in [6.45, 7) is 6.39. The van der Waals surface area contributed by atoms with Crippen molar-refractivity contribution >= 4 is 11.8 Å². The molecule has 1 N–H and O–H groups in total. The maximum atomic E-state index is 12.1. The van der Waals surface area contributed by atoms with E-state index in [1.165, 1.54) is 0 Å². The molecule has 2 saturated heterocycles. The van der Waals surface area contributed by atoms with E-state index >= 15 is 0 Å². The van der Waals surface area contributed by atoms with Crippen molar-refractivity contribution in [2.75, 3.05) is 31.2 Å². The van der Waals surface area contributed by atoms with Crippen molar-refractivity contribution < 1.29 is 24.1 Å². The number of ether oxygens (including phenoxy) is 3. The zero-order chi connectivity index (χ0) is 20.9. The number of carboxylic acids is 1. The largest absolute Gasteiger partial charge is 0.481 e. The number of aliphatic carboxylic acids is 1. The Hall–Kier alpha value is -2.64. The molecule has 0 radical (unpaired) electrons. The molecule has 3 aliphatic rings. The van der Waals surface area contributed by atoms with Crippen LogP contribution in [0.25, 0.3) is 0 Å². The summed E-state index contributed by atoms with van der Waals surface area (Å²) in [4.78, 5) is 19.1. The molecule has 3 aliphatic heterocycles. The minimum Gasteiger partial charge on any atom is -0.481 e. The van der Waals surface area contributed by atoms with Crippen LogP contribution in [0.1, 0.15) is 43.7 Å². The number of piperidine rings is 1. The van der Waals surface area contributed by atoms with Gasteiger partial charge in [0, 0.05) is 43.0 Å². The first-order valence-corrected chi connectivity index (χ1v) is 10.4. The Morgan fingerprint density at radius 2 is 1.80 bits per heavy atom. The van der Waals surface area contributed by atoms with Crippen molar-refractivity contribution in [1.29, 1.82) is 0 Å². The Balaban J connectivity index is 1.48. The number of carboxylic acid groups (broad SMARTS) is 1. The molecular formula is C23H26N2O5. The lowest BCUT2D eigenvalue weighted by atomic mass is 9.70. The van der Waals surface area contributed by atoms with E-state index in [-0.39, 0.29) is 5.92 Å². The Morgan fingerprint density at radius 3 is 2.50 bits per heavy atom. The molecule has 1 spiro atoms. The SMILES string of the molecule is CC(C)(C(=O)O)[C@@H]1c2ccccc2Oc2nc(N3CCC4(CC3)OCCO4)ccc21. The summed E-state index contributed by atoms with van der Waals surface area (Å²) >= 11 is 0. The van der Waals surface area contributed by atoms with Crippen LogP contribution in [-0.2, 0) is 14.3 Å². The third-order valence-electron chi connectivity index (χ3n) is 6.56. The summed E-state index contributed by atoms with van der Waals surface area (Å²) in [5.41, 5.74) is 0.676. The van der Waals surface area contributed by atoms with E-state index in [1.54, 1.807) is 13.8 Å². The minimum atomic E-state index is -1.01. The molecule has 1 aromatic heterocycles. The minimum absolute atomic E-state index is 0.346. The maximum Gasteiger partial charge on any atom is 0.310 e. The number of carbonyl (C=O) groups is 1. The van der Waals surface area contributed by atoms with Gasteiger partial charge < -0.3 is 24.2 Å². The smallest absolute Gasteiger partial charge is 0.310 e. The van der Waals surface area contributed by atoms with Gasteiger partial charge in [0.1, 0.15) is 11.6 Å². The summed E-state index contributed by atoms with van der Waals surface area (Å²) in [6, 6.07) is 11.6. The summed E-state index contributed by atoms with van der Waals surface area (Å²) < 4.78 is 17.8. The number of pyridine rings is 1. The lowest BCUT2D eigenvalue weighted by Crippen LogP contribution is -2.45. The lowest BCUT2D eigenvalue weighted by Gasteiger charge is -2.39. The predicted octanol–water partition coefficient (Wildman–Crippen LogP) is 3.77. The number of hydrogen-bond acceptors (Lipinski definition) is 6. The molecule has 2 fully saturated rings. The molecular weight excluding hydrogens is 384 g/mol. The summed E-state index contributed by atoms with van der Waals surface area (Å²) in [6.07, 6.45) is 1.59. The topological polar surface area (TPSA) is 81.1 Å². The first kappa shape index (κ1) is 19.3. The van der Waals surface area contributed by atoms with Crippen molar-refractivity contribution in [3.8, 4) is 11.6 Å². The summed E-state index contributed by atoms with van der Waals surface area (Å²) in [5, 5.41) is 9.91. The maximum absolute atomic E-state index is 12.1. The first-order valence-electron chi connectivity index (χ1n) is 10.4. The average Bonchev–Trinajstić information content (AvgIpc) is 3.19. The number of rotatable bonds is 3. The molecule has 7 nitrogen and oxygen atoms in total. The van der Waals surface area contributed by atoms with Crippen LogP contribution in [0, 0.1) is 5.41 Å². The number of nitrogens with zero attached hydrogens (tertiary/aromatic N) is 2. The van der Waals surface area contributed by atoms with E-state index in [0.29, 0.717) is 24.8 Å². The van der Waals surface area contributed by atoms with Gasteiger partial charge in [0.05, 0.1) is 18.6 Å². The highest BCUT2D eigenvalue weighted by Crippen LogP contribution is 2.51. The van der Waals surface area contributed by atoms with Gasteiger partial charge in [-0.2, -0.15) is 4.98 Å². The predicted molar refractivity (Wildman–Crippen MR) is 110 cm³/mol. The first-order chi connectivity index (χ1) is 14.4. The van der Waals surface area contributed by atoms with Crippen molar-refractivity contribution in [2.24, 2.45) is 5.41 Å². The number of benzene rings is 1. The van der Waals surface area contributed by atoms with Crippen molar-refractivity contribution in [3.63, 3.8) is 0 Å². The van der Waals surface area contributed by atoms with Crippen LogP contribution >= 0.6 is 0 Å². The van der Waals surface area contributed by atoms with Crippen LogP contribution in [-0.4, -0.2) is 48.2 Å². The second kappa shape index (κ2) is 6.96. The molecule has 4 heterocycles. The van der Waals surface area contributed by atoms with E-state index in [1.807, 2.05) is 36.4 Å². The van der Waals surface area contributed by atoms with Crippen LogP contribution in [0.4, 0.5) is 5.82 Å². The fourth-order valence-electron chi connectivity index (χ4n) is 4.77. The molecule has 0 saturated carbocycles. The number of para-hydroxylation sites is 1. The van der Waals surface area contributed by atoms with E-state index in [9.17, 15) is 9.90 Å². The number of anilines is 1. The monoisotopic (exact) mass is 410 g/mol. The molecule has 2 aromatic rings. The highest BCUT2D eigenvalue weighted by atomic mass is 16.7. The second-order valence-electron chi connectivity index (χ2n) is 8.76. The van der Waals surface area contributed by atoms with Gasteiger partial charge in [0.2, 0.25) is 5.88 Å². The molecule has 158 valence electrons. The zero-order valence-corrected chi connectivity index (χ0v) is 17.3. The second-order valence-corrected chi connectivity index (χ2v) is 8.76. The Bertz CT molecular complexity index is 973. The van der Waals surface area contributed by atoms with Gasteiger partial charge in [0.25, 0.3) is 0 Å². The molecule has 0 aliphatic carbocycles. The quantitative estimate of drug-likeness (QED) is 0.825. The normalized spacial score (nSPS) is 22.3. The van der Waals surface area contributed by atoms with Crippen LogP contribution in [0.3, 0.4) is 0 Å². The average molecular weight is 410 g/mol. The van der Waals surface area contributed by atoms with E-state index in [4.69, 9.17) is 19.2 Å². The van der Waals surface area contributed by atoms with Crippen molar-refractivity contribution in [1.82, 2.24) is 4.98 Å². The number of aromatic nitrogens is 1. The molecule has 0 bridgehead atoms. The number of fused-ring (bicyclic) bond motifs is 2. The third kappa shape index (κ3) is 3.04. The highest BCUT2D eigenvalue weighted by Gasteiger charge is 2.45. The Kier molecular flexibility index (Phi) is 4.48. The number of hydrogen-bond donors (Lipinski definition) is 1. The van der Waals surface area contributed by atoms with Gasteiger partial charge in [-0.25, -0.2) is 0 Å². The molecule has 7 heteroatoms. The standard InChI is InChI=1S/C23H26N2O5/c1-22(2,21(26)27)19-15-5-3-4-6-17(15)30-20-16(19)7-8-18(24-20)25-11-9-23(10-12-25)28-13-14-29-23/h3-8,19H,9-14H2,1-2H3,(H,26,27)/t19-/m1/s1. The molecule has 30 heavy (non-hydrogen) atoms. The summed E-state index contributed by atoms with van der Waals surface area (Å²) in [7, 11) is 0. The molecule has 1 atom stereocenters. The van der Waals surface area contributed by atoms with Crippen molar-refractivity contribution in [2.45, 2.75) is 38.4 Å². The molecule has 0 unspecified atom stereocenters. The van der Waals surface area contributed by atoms with Crippen LogP contribution < -0.4 is 9.64 Å². The molecule has 0 amide bonds. The van der Waals surface area contributed by atoms with Crippen molar-refractivity contribution in [3.05, 3.63) is 47.5 Å². The Morgan fingerprint density at radius 1 is 1.10 bits per heavy atom. The molecule has 1 aromatic carbocycles. The van der Waals surface area contributed by atoms with Gasteiger partial charge >= 0.3 is 5.97 Å². The van der Waals surface area contributed by atoms with Gasteiger partial charge in [0.15, 0.2) is 5.79 Å². The third-order valence-corrected chi connectivity index (χ3v) is 6.56. The lowest BCUT2D eigenvalue weighted by molar-refractivity contribution is -0.169. The van der Waals surface area contributed by atoms with Crippen LogP contribution in [0.5, 0.6) is 11.6 Å².